The second kappa shape index (κ2) is 8.66. The van der Waals surface area contributed by atoms with Crippen LogP contribution in [-0.2, 0) is 17.7 Å². The van der Waals surface area contributed by atoms with Gasteiger partial charge in [0, 0.05) is 80.3 Å². The van der Waals surface area contributed by atoms with Crippen LogP contribution in [0.3, 0.4) is 0 Å². The number of hydrogen-bond acceptors (Lipinski definition) is 7. The number of anilines is 1. The number of rotatable bonds is 4. The van der Waals surface area contributed by atoms with Crippen molar-refractivity contribution in [3.05, 3.63) is 53.5 Å². The fourth-order valence-electron chi connectivity index (χ4n) is 5.76. The second-order valence-corrected chi connectivity index (χ2v) is 10.0. The van der Waals surface area contributed by atoms with Crippen LogP contribution in [0.5, 0.6) is 0 Å². The fourth-order valence-corrected chi connectivity index (χ4v) is 5.76. The number of ether oxygens (including phenoxy) is 1. The highest BCUT2D eigenvalue weighted by Gasteiger charge is 2.35. The van der Waals surface area contributed by atoms with Crippen LogP contribution in [0, 0.1) is 11.3 Å². The van der Waals surface area contributed by atoms with Gasteiger partial charge < -0.3 is 15.0 Å². The number of hydrogen-bond donors (Lipinski definition) is 1. The summed E-state index contributed by atoms with van der Waals surface area (Å²) in [6, 6.07) is 11.2. The molecule has 0 amide bonds. The number of nitrogens with one attached hydrogen (secondary N) is 1. The molecule has 5 heterocycles. The van der Waals surface area contributed by atoms with Crippen molar-refractivity contribution in [3.8, 4) is 6.07 Å². The quantitative estimate of drug-likeness (QED) is 0.645. The number of morpholine rings is 1. The topological polar surface area (TPSA) is 82.2 Å². The van der Waals surface area contributed by atoms with E-state index in [0.29, 0.717) is 17.6 Å². The molecule has 34 heavy (non-hydrogen) atoms. The summed E-state index contributed by atoms with van der Waals surface area (Å²) in [4.78, 5) is 9.37. The summed E-state index contributed by atoms with van der Waals surface area (Å²) in [6.07, 6.45) is 5.13. The van der Waals surface area contributed by atoms with Gasteiger partial charge in [-0.3, -0.25) is 14.6 Å². The Morgan fingerprint density at radius 1 is 1.18 bits per heavy atom. The van der Waals surface area contributed by atoms with Gasteiger partial charge in [-0.15, -0.1) is 0 Å². The number of pyridine rings is 1. The molecule has 0 spiro atoms. The minimum Gasteiger partial charge on any atom is -0.370 e. The van der Waals surface area contributed by atoms with Crippen molar-refractivity contribution in [2.24, 2.45) is 0 Å². The molecule has 6 rings (SSSR count). The summed E-state index contributed by atoms with van der Waals surface area (Å²) >= 11 is 0. The minimum atomic E-state index is 0.142. The maximum atomic E-state index is 9.48. The largest absolute Gasteiger partial charge is 0.370 e. The van der Waals surface area contributed by atoms with Gasteiger partial charge in [0.2, 0.25) is 0 Å². The van der Waals surface area contributed by atoms with Gasteiger partial charge in [-0.1, -0.05) is 0 Å². The van der Waals surface area contributed by atoms with E-state index in [1.165, 1.54) is 11.3 Å². The zero-order valence-corrected chi connectivity index (χ0v) is 19.8. The van der Waals surface area contributed by atoms with Gasteiger partial charge in [0.15, 0.2) is 0 Å². The first-order valence-electron chi connectivity index (χ1n) is 12.3. The van der Waals surface area contributed by atoms with Crippen molar-refractivity contribution < 1.29 is 4.74 Å². The zero-order valence-electron chi connectivity index (χ0n) is 19.8. The molecule has 3 atom stereocenters. The predicted molar refractivity (Wildman–Crippen MR) is 131 cm³/mol. The Bertz CT molecular complexity index is 1240. The Morgan fingerprint density at radius 2 is 2.06 bits per heavy atom. The van der Waals surface area contributed by atoms with Crippen LogP contribution in [0.25, 0.3) is 10.9 Å². The van der Waals surface area contributed by atoms with Gasteiger partial charge in [-0.2, -0.15) is 10.4 Å². The van der Waals surface area contributed by atoms with E-state index in [-0.39, 0.29) is 12.2 Å². The number of aromatic nitrogens is 3. The molecule has 3 aliphatic rings. The summed E-state index contributed by atoms with van der Waals surface area (Å²) < 4.78 is 8.62. The first-order chi connectivity index (χ1) is 16.6. The molecule has 1 aromatic carbocycles. The fraction of sp³-hybridized carbons (Fsp3) is 0.500. The molecule has 2 fully saturated rings. The summed E-state index contributed by atoms with van der Waals surface area (Å²) in [5.74, 6) is 0. The first-order valence-corrected chi connectivity index (χ1v) is 12.3. The van der Waals surface area contributed by atoms with Crippen LogP contribution in [0.2, 0.25) is 0 Å². The maximum absolute atomic E-state index is 9.48. The number of benzene rings is 1. The normalized spacial score (nSPS) is 25.7. The Kier molecular flexibility index (Phi) is 5.48. The summed E-state index contributed by atoms with van der Waals surface area (Å²) in [6.45, 7) is 9.95. The molecular weight excluding hydrogens is 426 g/mol. The van der Waals surface area contributed by atoms with Gasteiger partial charge >= 0.3 is 0 Å². The SMILES string of the molecule is C[C@@H]1Cc2c(cnn2C2CN(C[C@H]3CN(c4ccc(C#N)c5ncccc45)C[C@@H](C)O3)C2)CN1. The number of fused-ring (bicyclic) bond motifs is 2. The third-order valence-electron chi connectivity index (χ3n) is 7.41. The van der Waals surface area contributed by atoms with Crippen molar-refractivity contribution in [2.45, 2.75) is 51.1 Å². The average molecular weight is 458 g/mol. The van der Waals surface area contributed by atoms with Gasteiger partial charge in [-0.05, 0) is 38.1 Å². The Morgan fingerprint density at radius 3 is 2.91 bits per heavy atom. The molecule has 3 aromatic rings. The molecule has 3 aliphatic heterocycles. The predicted octanol–water partition coefficient (Wildman–Crippen LogP) is 2.49. The molecule has 0 radical (unpaired) electrons. The molecular formula is C26H31N7O. The Balaban J connectivity index is 1.14. The lowest BCUT2D eigenvalue weighted by atomic mass is 10.0. The highest BCUT2D eigenvalue weighted by atomic mass is 16.5. The van der Waals surface area contributed by atoms with E-state index in [4.69, 9.17) is 9.84 Å². The van der Waals surface area contributed by atoms with Crippen molar-refractivity contribution in [1.29, 1.82) is 5.26 Å². The molecule has 1 N–H and O–H groups in total. The van der Waals surface area contributed by atoms with Gasteiger partial charge in [0.25, 0.3) is 0 Å². The standard InChI is InChI=1S/C26H31N7O/c1-17-8-25-20(10-29-17)11-30-33(25)21-13-31(14-21)15-22-16-32(12-18(2)34-22)24-6-5-19(9-27)26-23(24)4-3-7-28-26/h3-7,11,17-18,21-22,29H,8,10,12-16H2,1-2H3/t17-,18-,22+/m1/s1. The van der Waals surface area contributed by atoms with Crippen LogP contribution in [0.1, 0.15) is 36.7 Å². The summed E-state index contributed by atoms with van der Waals surface area (Å²) in [5, 5.41) is 18.8. The Labute approximate surface area is 200 Å². The molecule has 0 saturated carbocycles. The average Bonchev–Trinajstić information content (AvgIpc) is 3.22. The summed E-state index contributed by atoms with van der Waals surface area (Å²) in [5.41, 5.74) is 5.28. The van der Waals surface area contributed by atoms with E-state index in [9.17, 15) is 5.26 Å². The van der Waals surface area contributed by atoms with E-state index in [1.54, 1.807) is 6.20 Å². The van der Waals surface area contributed by atoms with Crippen LogP contribution >= 0.6 is 0 Å². The first kappa shape index (κ1) is 21.5. The van der Waals surface area contributed by atoms with E-state index in [1.807, 2.05) is 18.3 Å². The monoisotopic (exact) mass is 457 g/mol. The molecule has 8 heteroatoms. The second-order valence-electron chi connectivity index (χ2n) is 10.0. The molecule has 0 aliphatic carbocycles. The van der Waals surface area contributed by atoms with Gasteiger partial charge in [0.05, 0.1) is 35.5 Å². The van der Waals surface area contributed by atoms with E-state index >= 15 is 0 Å². The molecule has 0 bridgehead atoms. The number of likely N-dealkylation sites (tertiary alicyclic amines) is 1. The minimum absolute atomic E-state index is 0.142. The van der Waals surface area contributed by atoms with Crippen LogP contribution < -0.4 is 10.2 Å². The number of nitrogens with zero attached hydrogens (tertiary/aromatic N) is 6. The number of nitriles is 1. The smallest absolute Gasteiger partial charge is 0.101 e. The Hall–Kier alpha value is -2.99. The lowest BCUT2D eigenvalue weighted by Gasteiger charge is -2.45. The summed E-state index contributed by atoms with van der Waals surface area (Å²) in [7, 11) is 0. The molecule has 2 aromatic heterocycles. The van der Waals surface area contributed by atoms with Crippen molar-refractivity contribution >= 4 is 16.6 Å². The third-order valence-corrected chi connectivity index (χ3v) is 7.41. The third kappa shape index (κ3) is 3.84. The molecule has 2 saturated heterocycles. The molecule has 8 nitrogen and oxygen atoms in total. The van der Waals surface area contributed by atoms with Gasteiger partial charge in [-0.25, -0.2) is 0 Å². The van der Waals surface area contributed by atoms with E-state index in [2.05, 4.69) is 56.8 Å². The lowest BCUT2D eigenvalue weighted by Crippen LogP contribution is -2.56. The van der Waals surface area contributed by atoms with Crippen LogP contribution in [0.4, 0.5) is 5.69 Å². The molecule has 176 valence electrons. The maximum Gasteiger partial charge on any atom is 0.101 e. The molecule has 0 unspecified atom stereocenters. The van der Waals surface area contributed by atoms with Crippen molar-refractivity contribution in [1.82, 2.24) is 25.0 Å². The van der Waals surface area contributed by atoms with Crippen LogP contribution in [-0.4, -0.2) is 70.6 Å². The highest BCUT2D eigenvalue weighted by Crippen LogP contribution is 2.31. The van der Waals surface area contributed by atoms with E-state index in [0.717, 1.165) is 62.3 Å². The lowest BCUT2D eigenvalue weighted by molar-refractivity contribution is -0.0491. The highest BCUT2D eigenvalue weighted by molar-refractivity contribution is 5.95. The zero-order chi connectivity index (χ0) is 23.2. The van der Waals surface area contributed by atoms with Gasteiger partial charge in [0.1, 0.15) is 6.07 Å². The van der Waals surface area contributed by atoms with Crippen molar-refractivity contribution in [2.75, 3.05) is 37.6 Å². The van der Waals surface area contributed by atoms with E-state index < -0.39 is 0 Å². The van der Waals surface area contributed by atoms with Crippen molar-refractivity contribution in [3.63, 3.8) is 0 Å². The van der Waals surface area contributed by atoms with Crippen LogP contribution in [0.15, 0.2) is 36.7 Å².